The quantitative estimate of drug-likeness (QED) is 0.309. The van der Waals surface area contributed by atoms with E-state index in [-0.39, 0.29) is 12.4 Å². The van der Waals surface area contributed by atoms with E-state index in [2.05, 4.69) is 25.3 Å². The van der Waals surface area contributed by atoms with Crippen molar-refractivity contribution in [3.63, 3.8) is 0 Å². The predicted molar refractivity (Wildman–Crippen MR) is 154 cm³/mol. The van der Waals surface area contributed by atoms with Crippen LogP contribution in [0.5, 0.6) is 23.1 Å². The molecule has 0 unspecified atom stereocenters. The predicted octanol–water partition coefficient (Wildman–Crippen LogP) is 4.57. The Bertz CT molecular complexity index is 1730. The van der Waals surface area contributed by atoms with E-state index in [1.165, 1.54) is 18.7 Å². The van der Waals surface area contributed by atoms with Crippen molar-refractivity contribution in [1.82, 2.24) is 24.5 Å². The maximum Gasteiger partial charge on any atom is 0.264 e. The number of para-hydroxylation sites is 1. The Labute approximate surface area is 240 Å². The van der Waals surface area contributed by atoms with Crippen LogP contribution < -0.4 is 25.1 Å². The number of benzene rings is 2. The summed E-state index contributed by atoms with van der Waals surface area (Å²) in [5.74, 6) is 2.27. The standard InChI is InChI=1S/C30H28N6O6/c1-2-36-29(37)23(17-32-30(36)35-20-6-4-3-5-7-20)24-9-8-21(16-31-24)42-28-22-14-26-27(15-25(22)33-18-34-28)41-13-11-39-19-38-10-12-40-26/h3-9,14-18H,2,10-13,19H2,1H3,(H,32,35). The second-order valence-corrected chi connectivity index (χ2v) is 9.14. The molecule has 0 aliphatic carbocycles. The van der Waals surface area contributed by atoms with Gasteiger partial charge in [0.05, 0.1) is 41.6 Å². The molecule has 0 amide bonds. The van der Waals surface area contributed by atoms with Gasteiger partial charge in [-0.3, -0.25) is 14.3 Å². The van der Waals surface area contributed by atoms with Crippen LogP contribution in [0.2, 0.25) is 0 Å². The number of aromatic nitrogens is 5. The summed E-state index contributed by atoms with van der Waals surface area (Å²) in [5, 5.41) is 3.83. The Balaban J connectivity index is 1.25. The summed E-state index contributed by atoms with van der Waals surface area (Å²) in [7, 11) is 0. The highest BCUT2D eigenvalue weighted by Crippen LogP contribution is 2.36. The fourth-order valence-corrected chi connectivity index (χ4v) is 4.37. The molecule has 0 atom stereocenters. The molecule has 1 aliphatic heterocycles. The Morgan fingerprint density at radius 2 is 1.67 bits per heavy atom. The molecule has 0 spiro atoms. The first-order valence-electron chi connectivity index (χ1n) is 13.5. The van der Waals surface area contributed by atoms with Crippen molar-refractivity contribution in [2.75, 3.05) is 38.5 Å². The van der Waals surface area contributed by atoms with Crippen LogP contribution in [-0.2, 0) is 16.0 Å². The van der Waals surface area contributed by atoms with Crippen LogP contribution in [0.1, 0.15) is 6.92 Å². The van der Waals surface area contributed by atoms with Crippen LogP contribution >= 0.6 is 0 Å². The molecule has 1 aliphatic rings. The zero-order valence-corrected chi connectivity index (χ0v) is 22.9. The van der Waals surface area contributed by atoms with Gasteiger partial charge in [-0.2, -0.15) is 0 Å². The third-order valence-corrected chi connectivity index (χ3v) is 6.42. The van der Waals surface area contributed by atoms with Gasteiger partial charge in [0.25, 0.3) is 5.56 Å². The van der Waals surface area contributed by atoms with Crippen molar-refractivity contribution in [1.29, 1.82) is 0 Å². The number of hydrogen-bond donors (Lipinski definition) is 1. The summed E-state index contributed by atoms with van der Waals surface area (Å²) in [4.78, 5) is 31.0. The molecule has 3 aromatic heterocycles. The Morgan fingerprint density at radius 3 is 2.40 bits per heavy atom. The lowest BCUT2D eigenvalue weighted by Crippen LogP contribution is -2.24. The molecule has 0 saturated heterocycles. The highest BCUT2D eigenvalue weighted by Gasteiger charge is 2.16. The minimum Gasteiger partial charge on any atom is -0.487 e. The normalized spacial score (nSPS) is 13.7. The summed E-state index contributed by atoms with van der Waals surface area (Å²) in [5.41, 5.74) is 2.11. The largest absolute Gasteiger partial charge is 0.487 e. The number of anilines is 2. The van der Waals surface area contributed by atoms with Crippen LogP contribution in [0.15, 0.2) is 78.1 Å². The first kappa shape index (κ1) is 27.1. The number of fused-ring (bicyclic) bond motifs is 2. The van der Waals surface area contributed by atoms with E-state index in [9.17, 15) is 4.79 Å². The van der Waals surface area contributed by atoms with E-state index < -0.39 is 0 Å². The smallest absolute Gasteiger partial charge is 0.264 e. The van der Waals surface area contributed by atoms with E-state index in [0.29, 0.717) is 84.2 Å². The number of nitrogens with zero attached hydrogens (tertiary/aromatic N) is 5. The highest BCUT2D eigenvalue weighted by molar-refractivity contribution is 5.87. The maximum atomic E-state index is 13.3. The van der Waals surface area contributed by atoms with Gasteiger partial charge in [0.2, 0.25) is 11.8 Å². The molecule has 5 aromatic rings. The van der Waals surface area contributed by atoms with Crippen LogP contribution in [0.25, 0.3) is 22.2 Å². The number of hydrogen-bond acceptors (Lipinski definition) is 11. The summed E-state index contributed by atoms with van der Waals surface area (Å²) in [6.07, 6.45) is 4.48. The highest BCUT2D eigenvalue weighted by atomic mass is 16.7. The third kappa shape index (κ3) is 5.99. The molecule has 1 N–H and O–H groups in total. The lowest BCUT2D eigenvalue weighted by atomic mass is 10.2. The Kier molecular flexibility index (Phi) is 8.15. The average Bonchev–Trinajstić information content (AvgIpc) is 3.07. The number of pyridine rings is 1. The number of ether oxygens (including phenoxy) is 5. The molecule has 0 bridgehead atoms. The van der Waals surface area contributed by atoms with E-state index in [1.54, 1.807) is 28.8 Å². The fourth-order valence-electron chi connectivity index (χ4n) is 4.37. The third-order valence-electron chi connectivity index (χ3n) is 6.42. The van der Waals surface area contributed by atoms with Crippen LogP contribution in [0, 0.1) is 0 Å². The number of nitrogens with one attached hydrogen (secondary N) is 1. The molecule has 12 nitrogen and oxygen atoms in total. The van der Waals surface area contributed by atoms with Gasteiger partial charge >= 0.3 is 0 Å². The van der Waals surface area contributed by atoms with Gasteiger partial charge in [-0.1, -0.05) is 18.2 Å². The second kappa shape index (κ2) is 12.6. The van der Waals surface area contributed by atoms with Crippen molar-refractivity contribution in [3.8, 4) is 34.4 Å². The molecular formula is C30H28N6O6. The Morgan fingerprint density at radius 1 is 0.881 bits per heavy atom. The zero-order chi connectivity index (χ0) is 28.7. The lowest BCUT2D eigenvalue weighted by Gasteiger charge is -2.14. The maximum absolute atomic E-state index is 13.3. The van der Waals surface area contributed by atoms with Gasteiger partial charge in [0.15, 0.2) is 11.5 Å². The zero-order valence-electron chi connectivity index (χ0n) is 22.9. The fraction of sp³-hybridized carbons (Fsp3) is 0.233. The monoisotopic (exact) mass is 568 g/mol. The minimum atomic E-state index is -0.202. The summed E-state index contributed by atoms with van der Waals surface area (Å²) < 4.78 is 30.1. The molecule has 2 aromatic carbocycles. The van der Waals surface area contributed by atoms with Gasteiger partial charge in [-0.15, -0.1) is 0 Å². The van der Waals surface area contributed by atoms with Crippen molar-refractivity contribution >= 4 is 22.5 Å². The molecule has 214 valence electrons. The summed E-state index contributed by atoms with van der Waals surface area (Å²) in [6.45, 7) is 3.93. The number of rotatable bonds is 6. The first-order chi connectivity index (χ1) is 20.7. The van der Waals surface area contributed by atoms with Gasteiger partial charge in [-0.25, -0.2) is 15.0 Å². The molecule has 0 radical (unpaired) electrons. The molecule has 42 heavy (non-hydrogen) atoms. The molecule has 4 heterocycles. The van der Waals surface area contributed by atoms with Gasteiger partial charge in [-0.05, 0) is 37.3 Å². The Hall–Kier alpha value is -5.07. The van der Waals surface area contributed by atoms with Crippen LogP contribution in [0.4, 0.5) is 11.6 Å². The molecule has 12 heteroatoms. The van der Waals surface area contributed by atoms with Crippen LogP contribution in [-0.4, -0.2) is 57.7 Å². The summed E-state index contributed by atoms with van der Waals surface area (Å²) in [6, 6.07) is 16.6. The topological polar surface area (TPSA) is 132 Å². The van der Waals surface area contributed by atoms with Gasteiger partial charge in [0, 0.05) is 24.5 Å². The van der Waals surface area contributed by atoms with E-state index >= 15 is 0 Å². The van der Waals surface area contributed by atoms with Crippen molar-refractivity contribution in [2.24, 2.45) is 0 Å². The lowest BCUT2D eigenvalue weighted by molar-refractivity contribution is -0.0637. The van der Waals surface area contributed by atoms with E-state index in [0.717, 1.165) is 5.69 Å². The molecule has 6 rings (SSSR count). The van der Waals surface area contributed by atoms with Crippen molar-refractivity contribution in [3.05, 3.63) is 83.7 Å². The molecular weight excluding hydrogens is 540 g/mol. The molecule has 0 fully saturated rings. The SMILES string of the molecule is CCn1c(Nc2ccccc2)ncc(-c2ccc(Oc3ncnc4cc5c(cc34)OCCOCOCCO5)cn2)c1=O. The van der Waals surface area contributed by atoms with Crippen molar-refractivity contribution < 1.29 is 23.7 Å². The van der Waals surface area contributed by atoms with E-state index in [1.807, 2.05) is 37.3 Å². The average molecular weight is 569 g/mol. The van der Waals surface area contributed by atoms with E-state index in [4.69, 9.17) is 23.7 Å². The van der Waals surface area contributed by atoms with Crippen LogP contribution in [0.3, 0.4) is 0 Å². The second-order valence-electron chi connectivity index (χ2n) is 9.14. The minimum absolute atomic E-state index is 0.184. The molecule has 0 saturated carbocycles. The summed E-state index contributed by atoms with van der Waals surface area (Å²) >= 11 is 0. The van der Waals surface area contributed by atoms with Gasteiger partial charge in [0.1, 0.15) is 32.1 Å². The van der Waals surface area contributed by atoms with Crippen molar-refractivity contribution in [2.45, 2.75) is 13.5 Å². The first-order valence-corrected chi connectivity index (χ1v) is 13.5. The van der Waals surface area contributed by atoms with Gasteiger partial charge < -0.3 is 29.0 Å².